The average Bonchev–Trinajstić information content (AvgIpc) is 3.48. The molecule has 0 fully saturated rings. The third-order valence-electron chi connectivity index (χ3n) is 6.22. The lowest BCUT2D eigenvalue weighted by Gasteiger charge is -2.16. The second-order valence-corrected chi connectivity index (χ2v) is 17.3. The molecule has 37 heavy (non-hydrogen) atoms. The van der Waals surface area contributed by atoms with E-state index in [-0.39, 0.29) is 12.1 Å². The molecule has 0 radical (unpaired) electrons. The van der Waals surface area contributed by atoms with E-state index in [4.69, 9.17) is 9.47 Å². The number of thiazole rings is 1. The predicted octanol–water partition coefficient (Wildman–Crippen LogP) is 5.51. The summed E-state index contributed by atoms with van der Waals surface area (Å²) >= 11 is 1.46. The molecule has 3 aromatic rings. The van der Waals surface area contributed by atoms with Crippen LogP contribution in [-0.2, 0) is 28.9 Å². The number of hydrogen-bond donors (Lipinski definition) is 2. The number of nitrogens with one attached hydrogen (secondary N) is 2. The Kier molecular flexibility index (Phi) is 7.89. The van der Waals surface area contributed by atoms with Gasteiger partial charge in [-0.1, -0.05) is 19.6 Å². The van der Waals surface area contributed by atoms with Crippen LogP contribution in [0.25, 0.3) is 10.9 Å². The van der Waals surface area contributed by atoms with Gasteiger partial charge in [-0.15, -0.1) is 11.3 Å². The summed E-state index contributed by atoms with van der Waals surface area (Å²) < 4.78 is 12.9. The Morgan fingerprint density at radius 1 is 1.27 bits per heavy atom. The Balaban J connectivity index is 1.56. The van der Waals surface area contributed by atoms with Crippen LogP contribution < -0.4 is 10.6 Å². The molecule has 11 heteroatoms. The first-order valence-corrected chi connectivity index (χ1v) is 17.0. The van der Waals surface area contributed by atoms with E-state index >= 15 is 0 Å². The van der Waals surface area contributed by atoms with Crippen molar-refractivity contribution in [1.82, 2.24) is 14.9 Å². The smallest absolute Gasteiger partial charge is 0.412 e. The summed E-state index contributed by atoms with van der Waals surface area (Å²) in [5.41, 5.74) is 5.51. The number of carbonyl (C=O) groups excluding carboxylic acids is 2. The maximum Gasteiger partial charge on any atom is 0.412 e. The standard InChI is InChI=1S/C26H33N5O4SSi/c1-16(2)35-26(33)29-18-11-20-19-10-17(13-27)6-7-21(19)31(22(20)12-18)14-23-24(28-15-36-23)30-25(32)34-8-9-37(3,4)5/h6-7,10,15-16,18H,8-9,11-12,14H2,1-5H3,(H,29,33)(H,30,32). The molecule has 2 amide bonds. The number of aromatic nitrogens is 2. The van der Waals surface area contributed by atoms with E-state index in [0.717, 1.165) is 33.1 Å². The van der Waals surface area contributed by atoms with Gasteiger partial charge in [0.1, 0.15) is 0 Å². The van der Waals surface area contributed by atoms with Crippen LogP contribution in [-0.4, -0.2) is 48.6 Å². The van der Waals surface area contributed by atoms with Gasteiger partial charge in [-0.25, -0.2) is 14.6 Å². The first-order valence-electron chi connectivity index (χ1n) is 12.4. The fourth-order valence-corrected chi connectivity index (χ4v) is 5.89. The number of nitriles is 1. The highest BCUT2D eigenvalue weighted by Crippen LogP contribution is 2.35. The quantitative estimate of drug-likeness (QED) is 0.365. The Morgan fingerprint density at radius 3 is 2.76 bits per heavy atom. The Labute approximate surface area is 221 Å². The highest BCUT2D eigenvalue weighted by Gasteiger charge is 2.30. The van der Waals surface area contributed by atoms with Crippen molar-refractivity contribution in [2.24, 2.45) is 0 Å². The third-order valence-corrected chi connectivity index (χ3v) is 8.74. The lowest BCUT2D eigenvalue weighted by molar-refractivity contribution is 0.112. The molecule has 1 aliphatic carbocycles. The summed E-state index contributed by atoms with van der Waals surface area (Å²) in [6.45, 7) is 11.2. The van der Waals surface area contributed by atoms with Crippen LogP contribution in [0, 0.1) is 11.3 Å². The SMILES string of the molecule is CC(C)OC(=O)NC1Cc2c(n(Cc3scnc3NC(=O)OCC[Si](C)(C)C)c3ccc(C#N)cc23)C1. The molecule has 1 aliphatic rings. The van der Waals surface area contributed by atoms with Crippen molar-refractivity contribution < 1.29 is 19.1 Å². The van der Waals surface area contributed by atoms with E-state index in [1.165, 1.54) is 11.3 Å². The molecule has 0 saturated heterocycles. The summed E-state index contributed by atoms with van der Waals surface area (Å²) in [5, 5.41) is 16.2. The predicted molar refractivity (Wildman–Crippen MR) is 147 cm³/mol. The number of amides is 2. The second kappa shape index (κ2) is 10.9. The number of alkyl carbamates (subject to hydrolysis) is 1. The minimum absolute atomic E-state index is 0.0990. The molecule has 0 aliphatic heterocycles. The maximum absolute atomic E-state index is 12.4. The molecule has 1 aromatic carbocycles. The largest absolute Gasteiger partial charge is 0.450 e. The van der Waals surface area contributed by atoms with Gasteiger partial charge in [0.25, 0.3) is 0 Å². The van der Waals surface area contributed by atoms with Crippen molar-refractivity contribution in [3.8, 4) is 6.07 Å². The Bertz CT molecular complexity index is 1350. The monoisotopic (exact) mass is 539 g/mol. The van der Waals surface area contributed by atoms with Crippen LogP contribution in [0.5, 0.6) is 0 Å². The fourth-order valence-electron chi connectivity index (χ4n) is 4.47. The number of anilines is 1. The topological polar surface area (TPSA) is 118 Å². The molecule has 2 heterocycles. The summed E-state index contributed by atoms with van der Waals surface area (Å²) in [6, 6.07) is 8.69. The lowest BCUT2D eigenvalue weighted by atomic mass is 10.1. The van der Waals surface area contributed by atoms with E-state index in [1.807, 2.05) is 32.0 Å². The van der Waals surface area contributed by atoms with Gasteiger partial charge in [-0.2, -0.15) is 5.26 Å². The first kappa shape index (κ1) is 26.7. The number of carbonyl (C=O) groups is 2. The van der Waals surface area contributed by atoms with Crippen molar-refractivity contribution >= 4 is 48.3 Å². The number of hydrogen-bond acceptors (Lipinski definition) is 7. The average molecular weight is 540 g/mol. The minimum atomic E-state index is -1.30. The molecule has 0 spiro atoms. The summed E-state index contributed by atoms with van der Waals surface area (Å²) in [4.78, 5) is 29.9. The van der Waals surface area contributed by atoms with Crippen LogP contribution in [0.15, 0.2) is 23.7 Å². The van der Waals surface area contributed by atoms with Gasteiger partial charge >= 0.3 is 12.2 Å². The zero-order valence-electron chi connectivity index (χ0n) is 21.9. The summed E-state index contributed by atoms with van der Waals surface area (Å²) in [6.07, 6.45) is 0.160. The van der Waals surface area contributed by atoms with E-state index in [0.29, 0.717) is 37.4 Å². The van der Waals surface area contributed by atoms with Crippen LogP contribution in [0.1, 0.15) is 35.5 Å². The fraction of sp³-hybridized carbons (Fsp3) is 0.462. The van der Waals surface area contributed by atoms with Gasteiger partial charge in [-0.05, 0) is 50.1 Å². The minimum Gasteiger partial charge on any atom is -0.450 e. The summed E-state index contributed by atoms with van der Waals surface area (Å²) in [7, 11) is -1.30. The number of fused-ring (bicyclic) bond motifs is 3. The zero-order chi connectivity index (χ0) is 26.7. The van der Waals surface area contributed by atoms with E-state index in [2.05, 4.69) is 45.9 Å². The molecule has 0 saturated carbocycles. The Hall–Kier alpha value is -3.36. The van der Waals surface area contributed by atoms with Gasteiger partial charge in [0.15, 0.2) is 5.82 Å². The van der Waals surface area contributed by atoms with Crippen LogP contribution in [0.4, 0.5) is 15.4 Å². The second-order valence-electron chi connectivity index (χ2n) is 10.8. The molecule has 4 rings (SSSR count). The van der Waals surface area contributed by atoms with Crippen LogP contribution in [0.3, 0.4) is 0 Å². The van der Waals surface area contributed by atoms with Gasteiger partial charge in [0.05, 0.1) is 41.3 Å². The molecule has 2 N–H and O–H groups in total. The molecule has 196 valence electrons. The third kappa shape index (κ3) is 6.50. The van der Waals surface area contributed by atoms with Crippen LogP contribution in [0.2, 0.25) is 25.7 Å². The van der Waals surface area contributed by atoms with Gasteiger partial charge in [0.2, 0.25) is 0 Å². The van der Waals surface area contributed by atoms with Crippen molar-refractivity contribution in [2.45, 2.75) is 71.1 Å². The van der Waals surface area contributed by atoms with Crippen molar-refractivity contribution in [2.75, 3.05) is 11.9 Å². The number of rotatable bonds is 8. The lowest BCUT2D eigenvalue weighted by Crippen LogP contribution is -2.37. The van der Waals surface area contributed by atoms with E-state index in [9.17, 15) is 14.9 Å². The van der Waals surface area contributed by atoms with E-state index < -0.39 is 20.3 Å². The molecular formula is C26H33N5O4SSi. The highest BCUT2D eigenvalue weighted by atomic mass is 32.1. The van der Waals surface area contributed by atoms with Crippen LogP contribution >= 0.6 is 11.3 Å². The van der Waals surface area contributed by atoms with Crippen molar-refractivity contribution in [1.29, 1.82) is 5.26 Å². The highest BCUT2D eigenvalue weighted by molar-refractivity contribution is 7.10. The van der Waals surface area contributed by atoms with Crippen molar-refractivity contribution in [3.05, 3.63) is 45.4 Å². The maximum atomic E-state index is 12.4. The summed E-state index contributed by atoms with van der Waals surface area (Å²) in [5.74, 6) is 0.487. The number of benzene rings is 1. The number of ether oxygens (including phenoxy) is 2. The van der Waals surface area contributed by atoms with Crippen molar-refractivity contribution in [3.63, 3.8) is 0 Å². The molecule has 0 bridgehead atoms. The molecule has 9 nitrogen and oxygen atoms in total. The normalized spacial score (nSPS) is 14.9. The van der Waals surface area contributed by atoms with E-state index in [1.54, 1.807) is 5.51 Å². The zero-order valence-corrected chi connectivity index (χ0v) is 23.7. The number of nitrogens with zero attached hydrogens (tertiary/aromatic N) is 3. The van der Waals surface area contributed by atoms with Gasteiger partial charge in [-0.3, -0.25) is 5.32 Å². The molecule has 2 aromatic heterocycles. The van der Waals surface area contributed by atoms with Gasteiger partial charge < -0.3 is 19.4 Å². The molecule has 1 atom stereocenters. The Morgan fingerprint density at radius 2 is 2.05 bits per heavy atom. The molecule has 1 unspecified atom stereocenters. The van der Waals surface area contributed by atoms with Gasteiger partial charge in [0, 0.05) is 37.1 Å². The molecular weight excluding hydrogens is 506 g/mol. The first-order chi connectivity index (χ1) is 17.5.